The molecule has 0 saturated heterocycles. The van der Waals surface area contributed by atoms with E-state index in [1.54, 1.807) is 5.19 Å². The largest absolute Gasteiger partial charge is 0.305 e. The summed E-state index contributed by atoms with van der Waals surface area (Å²) >= 11 is 0. The first-order chi connectivity index (χ1) is 19.5. The monoisotopic (exact) mass is 723 g/mol. The molecular formula is C37H30IrN2Si-2. The van der Waals surface area contributed by atoms with Crippen molar-refractivity contribution in [3.05, 3.63) is 145 Å². The second kappa shape index (κ2) is 12.3. The minimum atomic E-state index is -1.64. The van der Waals surface area contributed by atoms with Crippen LogP contribution in [-0.4, -0.2) is 18.0 Å². The average Bonchev–Trinajstić information content (AvgIpc) is 3.24. The van der Waals surface area contributed by atoms with E-state index in [0.717, 1.165) is 28.2 Å². The van der Waals surface area contributed by atoms with Crippen LogP contribution in [0.15, 0.2) is 128 Å². The first-order valence-corrected chi connectivity index (χ1v) is 16.6. The normalized spacial score (nSPS) is 12.3. The van der Waals surface area contributed by atoms with Crippen LogP contribution >= 0.6 is 0 Å². The van der Waals surface area contributed by atoms with Crippen LogP contribution in [0.3, 0.4) is 0 Å². The zero-order valence-electron chi connectivity index (χ0n) is 23.4. The molecule has 0 amide bonds. The van der Waals surface area contributed by atoms with Gasteiger partial charge in [-0.1, -0.05) is 79.8 Å². The Morgan fingerprint density at radius 3 is 2.10 bits per heavy atom. The Morgan fingerprint density at radius 2 is 1.32 bits per heavy atom. The van der Waals surface area contributed by atoms with E-state index in [4.69, 9.17) is 0 Å². The molecule has 41 heavy (non-hydrogen) atoms. The maximum atomic E-state index is 4.47. The first kappa shape index (κ1) is 28.6. The van der Waals surface area contributed by atoms with Crippen molar-refractivity contribution in [1.29, 1.82) is 0 Å². The fourth-order valence-corrected chi connectivity index (χ4v) is 8.55. The van der Waals surface area contributed by atoms with Gasteiger partial charge in [-0.15, -0.1) is 71.3 Å². The number of aryl methyl sites for hydroxylation is 1. The molecule has 0 saturated carbocycles. The third-order valence-corrected chi connectivity index (χ3v) is 11.1. The summed E-state index contributed by atoms with van der Waals surface area (Å²) in [6.45, 7) is 6.91. The molecule has 1 aliphatic heterocycles. The molecule has 0 atom stereocenters. The van der Waals surface area contributed by atoms with Crippen molar-refractivity contribution >= 4 is 18.4 Å². The molecule has 3 heterocycles. The van der Waals surface area contributed by atoms with E-state index in [-0.39, 0.29) is 20.1 Å². The molecule has 0 aliphatic carbocycles. The van der Waals surface area contributed by atoms with E-state index < -0.39 is 8.07 Å². The summed E-state index contributed by atoms with van der Waals surface area (Å²) in [5, 5.41) is 3.08. The fraction of sp³-hybridized carbons (Fsp3) is 0.0811. The predicted molar refractivity (Wildman–Crippen MR) is 169 cm³/mol. The number of nitrogens with zero attached hydrogens (tertiary/aromatic N) is 2. The minimum absolute atomic E-state index is 0. The summed E-state index contributed by atoms with van der Waals surface area (Å²) in [5.74, 6) is 0. The summed E-state index contributed by atoms with van der Waals surface area (Å²) < 4.78 is 0. The summed E-state index contributed by atoms with van der Waals surface area (Å²) in [4.78, 5) is 8.88. The zero-order chi connectivity index (χ0) is 27.5. The fourth-order valence-electron chi connectivity index (χ4n) is 5.45. The van der Waals surface area contributed by atoms with E-state index >= 15 is 0 Å². The molecule has 1 aliphatic rings. The van der Waals surface area contributed by atoms with E-state index in [2.05, 4.69) is 89.8 Å². The first-order valence-electron chi connectivity index (χ1n) is 13.6. The molecule has 0 N–H and O–H groups in total. The average molecular weight is 723 g/mol. The second-order valence-electron chi connectivity index (χ2n) is 10.6. The van der Waals surface area contributed by atoms with Crippen LogP contribution < -0.4 is 10.4 Å². The molecule has 2 nitrogen and oxygen atoms in total. The third kappa shape index (κ3) is 5.92. The number of fused-ring (bicyclic) bond motifs is 3. The molecule has 203 valence electrons. The van der Waals surface area contributed by atoms with Crippen LogP contribution in [0.4, 0.5) is 0 Å². The van der Waals surface area contributed by atoms with Gasteiger partial charge in [0, 0.05) is 32.0 Å². The number of hydrogen-bond acceptors (Lipinski definition) is 2. The molecule has 7 rings (SSSR count). The van der Waals surface area contributed by atoms with E-state index in [1.807, 2.05) is 79.9 Å². The second-order valence-corrected chi connectivity index (χ2v) is 14.9. The third-order valence-electron chi connectivity index (χ3n) is 7.53. The number of aromatic nitrogens is 2. The zero-order valence-corrected chi connectivity index (χ0v) is 26.7. The summed E-state index contributed by atoms with van der Waals surface area (Å²) in [6.07, 6.45) is 1.83. The Bertz CT molecular complexity index is 1780. The topological polar surface area (TPSA) is 25.8 Å². The Kier molecular flexibility index (Phi) is 8.56. The van der Waals surface area contributed by atoms with Crippen molar-refractivity contribution in [1.82, 2.24) is 9.97 Å². The van der Waals surface area contributed by atoms with Crippen LogP contribution in [-0.2, 0) is 20.1 Å². The van der Waals surface area contributed by atoms with Gasteiger partial charge in [0.25, 0.3) is 0 Å². The molecule has 0 spiro atoms. The van der Waals surface area contributed by atoms with Gasteiger partial charge in [-0.05, 0) is 57.5 Å². The van der Waals surface area contributed by atoms with Crippen LogP contribution in [0.1, 0.15) is 5.69 Å². The summed E-state index contributed by atoms with van der Waals surface area (Å²) in [5.41, 5.74) is 10.4. The smallest absolute Gasteiger partial charge is 0.113 e. The molecule has 4 aromatic carbocycles. The Balaban J connectivity index is 0.000000204. The van der Waals surface area contributed by atoms with Gasteiger partial charge in [0.15, 0.2) is 0 Å². The number of pyridine rings is 2. The van der Waals surface area contributed by atoms with Crippen LogP contribution in [0.2, 0.25) is 13.1 Å². The molecule has 4 heteroatoms. The van der Waals surface area contributed by atoms with Gasteiger partial charge >= 0.3 is 0 Å². The van der Waals surface area contributed by atoms with E-state index in [0.29, 0.717) is 0 Å². The standard InChI is InChI=1S/C25H20NSi.C12H10N.Ir/c1-27(2)24-12-4-3-10-21(24)22-14-13-19(17-25(22)27)18-8-7-9-20(16-18)23-11-5-6-15-26-23;1-10-6-5-9-12(13-10)11-7-3-2-4-8-11;/h3-8,10-17H,1-2H3;2-7,9H,1H3;/q2*-1;. The summed E-state index contributed by atoms with van der Waals surface area (Å²) in [6, 6.07) is 48.6. The van der Waals surface area contributed by atoms with Gasteiger partial charge < -0.3 is 9.97 Å². The summed E-state index contributed by atoms with van der Waals surface area (Å²) in [7, 11) is -1.64. The van der Waals surface area contributed by atoms with Gasteiger partial charge in [0.05, 0.1) is 0 Å². The van der Waals surface area contributed by atoms with E-state index in [1.165, 1.54) is 27.4 Å². The Morgan fingerprint density at radius 1 is 0.585 bits per heavy atom. The van der Waals surface area contributed by atoms with Crippen molar-refractivity contribution in [3.63, 3.8) is 0 Å². The molecule has 2 aromatic heterocycles. The maximum Gasteiger partial charge on any atom is 0.113 e. The minimum Gasteiger partial charge on any atom is -0.305 e. The van der Waals surface area contributed by atoms with Crippen molar-refractivity contribution < 1.29 is 20.1 Å². The van der Waals surface area contributed by atoms with Gasteiger partial charge in [0.2, 0.25) is 0 Å². The number of benzene rings is 4. The van der Waals surface area contributed by atoms with Crippen LogP contribution in [0, 0.1) is 19.1 Å². The van der Waals surface area contributed by atoms with Gasteiger partial charge in [-0.3, -0.25) is 0 Å². The molecule has 0 bridgehead atoms. The molecular weight excluding hydrogens is 693 g/mol. The SMILES string of the molecule is C[Si]1(C)c2ccccc2-c2ccc(-c3cc[c-]c(-c4ccccn4)c3)cc21.Cc1cccc(-c2[c-]cccc2)n1.[Ir]. The maximum absolute atomic E-state index is 4.47. The Labute approximate surface area is 257 Å². The molecule has 1 radical (unpaired) electrons. The molecule has 0 unspecified atom stereocenters. The Hall–Kier alpha value is -3.95. The molecule has 0 fully saturated rings. The van der Waals surface area contributed by atoms with Crippen LogP contribution in [0.25, 0.3) is 44.8 Å². The van der Waals surface area contributed by atoms with Crippen LogP contribution in [0.5, 0.6) is 0 Å². The number of hydrogen-bond donors (Lipinski definition) is 0. The van der Waals surface area contributed by atoms with Crippen molar-refractivity contribution in [3.8, 4) is 44.8 Å². The van der Waals surface area contributed by atoms with Gasteiger partial charge in [-0.25, -0.2) is 0 Å². The molecule has 6 aromatic rings. The number of rotatable bonds is 3. The van der Waals surface area contributed by atoms with E-state index in [9.17, 15) is 0 Å². The van der Waals surface area contributed by atoms with Gasteiger partial charge in [-0.2, -0.15) is 0 Å². The van der Waals surface area contributed by atoms with Gasteiger partial charge in [0.1, 0.15) is 8.07 Å². The van der Waals surface area contributed by atoms with Crippen molar-refractivity contribution in [2.75, 3.05) is 0 Å². The predicted octanol–water partition coefficient (Wildman–Crippen LogP) is 7.87. The quantitative estimate of drug-likeness (QED) is 0.137. The van der Waals surface area contributed by atoms with Crippen molar-refractivity contribution in [2.24, 2.45) is 0 Å². The van der Waals surface area contributed by atoms with Crippen molar-refractivity contribution in [2.45, 2.75) is 20.0 Å².